The maximum Gasteiger partial charge on any atom is 0.195 e. The zero-order chi connectivity index (χ0) is 14.7. The molecule has 6 heteroatoms. The van der Waals surface area contributed by atoms with E-state index >= 15 is 0 Å². The van der Waals surface area contributed by atoms with Gasteiger partial charge in [0.2, 0.25) is 0 Å². The lowest BCUT2D eigenvalue weighted by Gasteiger charge is -2.32. The highest BCUT2D eigenvalue weighted by atomic mass is 127. The molecule has 1 aromatic rings. The highest BCUT2D eigenvalue weighted by Gasteiger charge is 2.21. The van der Waals surface area contributed by atoms with Gasteiger partial charge in [0.05, 0.1) is 6.54 Å². The summed E-state index contributed by atoms with van der Waals surface area (Å²) in [7, 11) is 8.17. The number of rotatable bonds is 3. The molecular weight excluding hydrogens is 395 g/mol. The number of nitrogens with zero attached hydrogens (tertiary/aromatic N) is 4. The fraction of sp³-hybridized carbons (Fsp3) is 0.667. The molecule has 0 fully saturated rings. The van der Waals surface area contributed by atoms with E-state index in [0.29, 0.717) is 6.04 Å². The van der Waals surface area contributed by atoms with E-state index in [2.05, 4.69) is 33.1 Å². The van der Waals surface area contributed by atoms with Gasteiger partial charge in [0.15, 0.2) is 5.96 Å². The molecule has 1 aromatic heterocycles. The van der Waals surface area contributed by atoms with Crippen LogP contribution in [0.1, 0.15) is 17.4 Å². The quantitative estimate of drug-likeness (QED) is 0.425. The van der Waals surface area contributed by atoms with Crippen molar-refractivity contribution in [3.05, 3.63) is 21.9 Å². The lowest BCUT2D eigenvalue weighted by Crippen LogP contribution is -2.40. The Morgan fingerprint density at radius 1 is 1.33 bits per heavy atom. The second-order valence-electron chi connectivity index (χ2n) is 5.87. The van der Waals surface area contributed by atoms with Crippen LogP contribution in [0.2, 0.25) is 0 Å². The molecule has 1 aliphatic rings. The molecule has 0 aromatic carbocycles. The molecule has 120 valence electrons. The zero-order valence-corrected chi connectivity index (χ0v) is 16.8. The van der Waals surface area contributed by atoms with Crippen LogP contribution in [-0.2, 0) is 13.0 Å². The van der Waals surface area contributed by atoms with Crippen LogP contribution in [0.4, 0.5) is 0 Å². The first kappa shape index (κ1) is 18.7. The van der Waals surface area contributed by atoms with Crippen LogP contribution < -0.4 is 0 Å². The molecule has 0 amide bonds. The second kappa shape index (κ2) is 8.33. The Morgan fingerprint density at radius 2 is 2.00 bits per heavy atom. The molecule has 0 bridgehead atoms. The van der Waals surface area contributed by atoms with Crippen molar-refractivity contribution >= 4 is 41.3 Å². The molecular formula is C15H27IN4S. The van der Waals surface area contributed by atoms with Gasteiger partial charge < -0.3 is 9.80 Å². The molecule has 0 saturated carbocycles. The minimum atomic E-state index is 0. The molecule has 2 heterocycles. The Labute approximate surface area is 149 Å². The fourth-order valence-electron chi connectivity index (χ4n) is 2.66. The molecule has 1 aliphatic heterocycles. The van der Waals surface area contributed by atoms with E-state index in [9.17, 15) is 0 Å². The van der Waals surface area contributed by atoms with Gasteiger partial charge in [-0.1, -0.05) is 0 Å². The average molecular weight is 422 g/mol. The fourth-order valence-corrected chi connectivity index (χ4v) is 3.55. The molecule has 0 spiro atoms. The number of hydrogen-bond acceptors (Lipinski definition) is 3. The van der Waals surface area contributed by atoms with Gasteiger partial charge in [-0.15, -0.1) is 35.3 Å². The summed E-state index contributed by atoms with van der Waals surface area (Å²) >= 11 is 1.90. The maximum atomic E-state index is 4.77. The highest BCUT2D eigenvalue weighted by molar-refractivity contribution is 14.0. The summed E-state index contributed by atoms with van der Waals surface area (Å²) in [6.07, 6.45) is 1.19. The minimum Gasteiger partial charge on any atom is -0.349 e. The van der Waals surface area contributed by atoms with Crippen LogP contribution in [0.3, 0.4) is 0 Å². The van der Waals surface area contributed by atoms with Crippen LogP contribution in [0.15, 0.2) is 16.4 Å². The van der Waals surface area contributed by atoms with Crippen LogP contribution >= 0.6 is 35.3 Å². The predicted octanol–water partition coefficient (Wildman–Crippen LogP) is 2.59. The maximum absolute atomic E-state index is 4.77. The van der Waals surface area contributed by atoms with E-state index in [1.807, 2.05) is 39.5 Å². The third kappa shape index (κ3) is 4.82. The summed E-state index contributed by atoms with van der Waals surface area (Å²) in [6.45, 7) is 5.37. The van der Waals surface area contributed by atoms with Crippen molar-refractivity contribution in [1.29, 1.82) is 0 Å². The van der Waals surface area contributed by atoms with Crippen molar-refractivity contribution in [3.63, 3.8) is 0 Å². The monoisotopic (exact) mass is 422 g/mol. The predicted molar refractivity (Wildman–Crippen MR) is 103 cm³/mol. The lowest BCUT2D eigenvalue weighted by atomic mass is 10.1. The molecule has 4 nitrogen and oxygen atoms in total. The Balaban J connectivity index is 0.00000220. The van der Waals surface area contributed by atoms with Gasteiger partial charge in [0, 0.05) is 52.2 Å². The number of halogens is 1. The number of thiophene rings is 1. The van der Waals surface area contributed by atoms with E-state index < -0.39 is 0 Å². The summed E-state index contributed by atoms with van der Waals surface area (Å²) in [5.41, 5.74) is 1.51. The summed E-state index contributed by atoms with van der Waals surface area (Å²) < 4.78 is 0. The third-order valence-corrected chi connectivity index (χ3v) is 4.78. The minimum absolute atomic E-state index is 0. The van der Waals surface area contributed by atoms with Crippen molar-refractivity contribution in [2.24, 2.45) is 4.99 Å². The first-order chi connectivity index (χ1) is 9.49. The number of aliphatic imine (C=N–C) groups is 1. The van der Waals surface area contributed by atoms with E-state index in [1.165, 1.54) is 12.0 Å². The lowest BCUT2D eigenvalue weighted by molar-refractivity contribution is 0.196. The van der Waals surface area contributed by atoms with Gasteiger partial charge in [-0.05, 0) is 30.4 Å². The summed E-state index contributed by atoms with van der Waals surface area (Å²) in [5.74, 6) is 1.03. The van der Waals surface area contributed by atoms with Gasteiger partial charge in [-0.3, -0.25) is 9.89 Å². The Morgan fingerprint density at radius 3 is 2.62 bits per heavy atom. The first-order valence-corrected chi connectivity index (χ1v) is 8.05. The van der Waals surface area contributed by atoms with Crippen LogP contribution in [0.25, 0.3) is 0 Å². The normalized spacial score (nSPS) is 15.7. The highest BCUT2D eigenvalue weighted by Crippen LogP contribution is 2.25. The number of hydrogen-bond donors (Lipinski definition) is 0. The van der Waals surface area contributed by atoms with E-state index in [0.717, 1.165) is 25.6 Å². The summed E-state index contributed by atoms with van der Waals surface area (Å²) in [6, 6.07) is 2.76. The largest absolute Gasteiger partial charge is 0.349 e. The molecule has 1 unspecified atom stereocenters. The Bertz CT molecular complexity index is 460. The Kier molecular flexibility index (Phi) is 7.42. The van der Waals surface area contributed by atoms with Crippen molar-refractivity contribution in [2.45, 2.75) is 25.9 Å². The van der Waals surface area contributed by atoms with Gasteiger partial charge in [-0.25, -0.2) is 0 Å². The second-order valence-corrected chi connectivity index (χ2v) is 6.87. The van der Waals surface area contributed by atoms with Crippen molar-refractivity contribution in [1.82, 2.24) is 14.7 Å². The van der Waals surface area contributed by atoms with Gasteiger partial charge >= 0.3 is 0 Å². The molecule has 0 saturated heterocycles. The van der Waals surface area contributed by atoms with Gasteiger partial charge in [0.25, 0.3) is 0 Å². The summed E-state index contributed by atoms with van der Waals surface area (Å²) in [4.78, 5) is 13.0. The average Bonchev–Trinajstić information content (AvgIpc) is 2.84. The molecule has 0 N–H and O–H groups in total. The first-order valence-electron chi connectivity index (χ1n) is 7.17. The van der Waals surface area contributed by atoms with E-state index in [-0.39, 0.29) is 24.0 Å². The Hall–Kier alpha value is -0.340. The van der Waals surface area contributed by atoms with E-state index in [4.69, 9.17) is 4.99 Å². The topological polar surface area (TPSA) is 22.1 Å². The zero-order valence-electron chi connectivity index (χ0n) is 13.7. The number of guanidine groups is 1. The molecule has 1 atom stereocenters. The third-order valence-electron chi connectivity index (χ3n) is 3.76. The van der Waals surface area contributed by atoms with Crippen molar-refractivity contribution in [2.75, 3.05) is 41.3 Å². The van der Waals surface area contributed by atoms with Crippen LogP contribution in [0.5, 0.6) is 0 Å². The standard InChI is InChI=1S/C15H26N4S.HI/c1-12(10-16-15(17(2)3)18(4)5)19-8-6-14-13(11-19)7-9-20-14;/h7,9,12H,6,8,10-11H2,1-5H3;1H. The van der Waals surface area contributed by atoms with Crippen molar-refractivity contribution in [3.8, 4) is 0 Å². The molecule has 2 rings (SSSR count). The van der Waals surface area contributed by atoms with Crippen LogP contribution in [0, 0.1) is 0 Å². The molecule has 0 radical (unpaired) electrons. The smallest absolute Gasteiger partial charge is 0.195 e. The van der Waals surface area contributed by atoms with Crippen molar-refractivity contribution < 1.29 is 0 Å². The van der Waals surface area contributed by atoms with E-state index in [1.54, 1.807) is 4.88 Å². The molecule has 0 aliphatic carbocycles. The number of fused-ring (bicyclic) bond motifs is 1. The molecule has 21 heavy (non-hydrogen) atoms. The summed E-state index contributed by atoms with van der Waals surface area (Å²) in [5, 5.41) is 2.22. The SMILES string of the molecule is CC(CN=C(N(C)C)N(C)C)N1CCc2sccc2C1.I. The van der Waals surface area contributed by atoms with Crippen LogP contribution in [-0.4, -0.2) is 68.0 Å². The van der Waals surface area contributed by atoms with Gasteiger partial charge in [-0.2, -0.15) is 0 Å². The van der Waals surface area contributed by atoms with Gasteiger partial charge in [0.1, 0.15) is 0 Å².